The van der Waals surface area contributed by atoms with Crippen molar-refractivity contribution in [1.29, 1.82) is 0 Å². The molecule has 4 aromatic carbocycles. The predicted octanol–water partition coefficient (Wildman–Crippen LogP) is 3.39. The van der Waals surface area contributed by atoms with Crippen LogP contribution in [-0.2, 0) is 19.5 Å². The quantitative estimate of drug-likeness (QED) is 0.188. The molecule has 270 valence electrons. The second kappa shape index (κ2) is 18.6. The average molecular weight is 790 g/mol. The van der Waals surface area contributed by atoms with Crippen LogP contribution >= 0.6 is 0 Å². The first-order valence-corrected chi connectivity index (χ1v) is 15.5. The molecule has 0 aliphatic carbocycles. The molecule has 14 nitrogen and oxygen atoms in total. The third-order valence-corrected chi connectivity index (χ3v) is 7.95. The van der Waals surface area contributed by atoms with Crippen molar-refractivity contribution in [2.75, 3.05) is 0 Å². The molecular formula is C40H28N4O10Zn. The fourth-order valence-corrected chi connectivity index (χ4v) is 5.52. The van der Waals surface area contributed by atoms with Crippen molar-refractivity contribution < 1.29 is 70.0 Å². The number of carboxylic acids is 4. The van der Waals surface area contributed by atoms with E-state index in [2.05, 4.69) is 68.5 Å². The largest absolute Gasteiger partial charge is 2.00 e. The van der Waals surface area contributed by atoms with Gasteiger partial charge in [0.25, 0.3) is 0 Å². The second-order valence-corrected chi connectivity index (χ2v) is 11.1. The number of carboxylic acid groups (broad SMARTS) is 4. The maximum absolute atomic E-state index is 11.2. The summed E-state index contributed by atoms with van der Waals surface area (Å²) in [7, 11) is 0. The summed E-state index contributed by atoms with van der Waals surface area (Å²) in [6.07, 6.45) is 7.21. The Labute approximate surface area is 323 Å². The number of hydrogen-bond donors (Lipinski definition) is 2. The fraction of sp³-hybridized carbons (Fsp3) is 0. The monoisotopic (exact) mass is 788 g/mol. The van der Waals surface area contributed by atoms with Crippen molar-refractivity contribution in [2.24, 2.45) is 0 Å². The molecule has 8 aromatic rings. The van der Waals surface area contributed by atoms with Crippen molar-refractivity contribution >= 4 is 67.5 Å². The number of hydrogen-bond acceptors (Lipinski definition) is 10. The van der Waals surface area contributed by atoms with Gasteiger partial charge in [0.1, 0.15) is 0 Å². The zero-order chi connectivity index (χ0) is 36.8. The minimum absolute atomic E-state index is 0. The number of nitrogens with zero attached hydrogens (tertiary/aromatic N) is 4. The maximum Gasteiger partial charge on any atom is 2.00 e. The van der Waals surface area contributed by atoms with Gasteiger partial charge in [-0.15, -0.1) is 0 Å². The number of rotatable bonds is 5. The van der Waals surface area contributed by atoms with Crippen molar-refractivity contribution in [3.8, 4) is 11.1 Å². The van der Waals surface area contributed by atoms with Crippen LogP contribution in [0.5, 0.6) is 0 Å². The Morgan fingerprint density at radius 3 is 0.945 bits per heavy atom. The van der Waals surface area contributed by atoms with E-state index in [0.29, 0.717) is 0 Å². The molecule has 0 fully saturated rings. The van der Waals surface area contributed by atoms with Gasteiger partial charge >= 0.3 is 31.4 Å². The number of pyridine rings is 4. The van der Waals surface area contributed by atoms with Crippen LogP contribution in [0.4, 0.5) is 0 Å². The number of fused-ring (bicyclic) bond motifs is 6. The van der Waals surface area contributed by atoms with E-state index in [0.717, 1.165) is 80.0 Å². The molecule has 0 radical (unpaired) electrons. The molecule has 15 heteroatoms. The predicted molar refractivity (Wildman–Crippen MR) is 196 cm³/mol. The summed E-state index contributed by atoms with van der Waals surface area (Å²) >= 11 is 0. The van der Waals surface area contributed by atoms with E-state index in [4.69, 9.17) is 10.2 Å². The molecule has 55 heavy (non-hydrogen) atoms. The summed E-state index contributed by atoms with van der Waals surface area (Å²) in [5, 5.41) is 45.1. The van der Waals surface area contributed by atoms with Crippen LogP contribution in [0, 0.1) is 0 Å². The number of aromatic nitrogens is 4. The summed E-state index contributed by atoms with van der Waals surface area (Å²) in [4.78, 5) is 62.0. The zero-order valence-corrected chi connectivity index (χ0v) is 31.5. The van der Waals surface area contributed by atoms with Crippen molar-refractivity contribution in [3.05, 3.63) is 156 Å². The molecule has 0 spiro atoms. The third kappa shape index (κ3) is 9.31. The van der Waals surface area contributed by atoms with E-state index in [9.17, 15) is 29.4 Å². The van der Waals surface area contributed by atoms with Gasteiger partial charge in [-0.25, -0.2) is 9.59 Å². The number of carbonyl (C=O) groups is 4. The first kappa shape index (κ1) is 42.4. The molecule has 0 amide bonds. The van der Waals surface area contributed by atoms with Gasteiger partial charge < -0.3 is 41.0 Å². The van der Waals surface area contributed by atoms with Crippen molar-refractivity contribution in [2.45, 2.75) is 0 Å². The van der Waals surface area contributed by atoms with Crippen LogP contribution < -0.4 is 10.2 Å². The Kier molecular flexibility index (Phi) is 14.3. The van der Waals surface area contributed by atoms with Crippen LogP contribution in [0.3, 0.4) is 0 Å². The minimum Gasteiger partial charge on any atom is -0.545 e. The van der Waals surface area contributed by atoms with Crippen LogP contribution in [0.15, 0.2) is 134 Å². The molecule has 0 unspecified atom stereocenters. The molecule has 0 aliphatic heterocycles. The number of aromatic carboxylic acids is 4. The minimum atomic E-state index is -1.67. The maximum atomic E-state index is 11.2. The summed E-state index contributed by atoms with van der Waals surface area (Å²) < 4.78 is 0. The topological polar surface area (TPSA) is 269 Å². The van der Waals surface area contributed by atoms with E-state index in [1.165, 1.54) is 0 Å². The van der Waals surface area contributed by atoms with E-state index in [1.807, 2.05) is 24.3 Å². The van der Waals surface area contributed by atoms with Gasteiger partial charge in [0.15, 0.2) is 0 Å². The molecule has 0 saturated carbocycles. The number of carbonyl (C=O) groups excluding carboxylic acids is 2. The van der Waals surface area contributed by atoms with Gasteiger partial charge in [-0.3, -0.25) is 19.9 Å². The Hall–Kier alpha value is -7.06. The molecule has 0 bridgehead atoms. The third-order valence-electron chi connectivity index (χ3n) is 7.95. The molecule has 4 heterocycles. The van der Waals surface area contributed by atoms with Gasteiger partial charge in [0, 0.05) is 57.5 Å². The van der Waals surface area contributed by atoms with E-state index in [1.54, 1.807) is 24.8 Å². The molecular weight excluding hydrogens is 762 g/mol. The van der Waals surface area contributed by atoms with Gasteiger partial charge in [-0.1, -0.05) is 60.7 Å². The molecule has 8 rings (SSSR count). The Morgan fingerprint density at radius 2 is 0.709 bits per heavy atom. The first-order chi connectivity index (χ1) is 25.1. The summed E-state index contributed by atoms with van der Waals surface area (Å²) in [6, 6.07) is 30.1. The SMILES string of the molecule is O.O.O=C(O)c1ccc(C(=O)[O-])c(-c2cc(C(=O)O)ccc2C(=O)[O-])c1.[Zn+2].c1cnc2c(c1)ccc1cccnc12.c1cnc2c(c1)ccc1cccnc12. The van der Waals surface area contributed by atoms with Crippen LogP contribution in [0.25, 0.3) is 54.7 Å². The normalized spacial score (nSPS) is 9.96. The zero-order valence-electron chi connectivity index (χ0n) is 28.5. The van der Waals surface area contributed by atoms with E-state index >= 15 is 0 Å². The fourth-order valence-electron chi connectivity index (χ4n) is 5.52. The summed E-state index contributed by atoms with van der Waals surface area (Å²) in [6.45, 7) is 0. The number of benzene rings is 4. The molecule has 4 aromatic heterocycles. The Morgan fingerprint density at radius 1 is 0.436 bits per heavy atom. The van der Waals surface area contributed by atoms with E-state index < -0.39 is 35.0 Å². The summed E-state index contributed by atoms with van der Waals surface area (Å²) in [5.41, 5.74) is 1.75. The van der Waals surface area contributed by atoms with Crippen LogP contribution in [-0.4, -0.2) is 65.0 Å². The Balaban J connectivity index is 0.000000226. The van der Waals surface area contributed by atoms with E-state index in [-0.39, 0.29) is 52.7 Å². The van der Waals surface area contributed by atoms with Gasteiger partial charge in [-0.2, -0.15) is 0 Å². The Bertz CT molecular complexity index is 2400. The van der Waals surface area contributed by atoms with Gasteiger partial charge in [0.05, 0.1) is 45.1 Å². The average Bonchev–Trinajstić information content (AvgIpc) is 3.17. The van der Waals surface area contributed by atoms with Crippen molar-refractivity contribution in [1.82, 2.24) is 19.9 Å². The summed E-state index contributed by atoms with van der Waals surface area (Å²) in [5.74, 6) is -6.09. The smallest absolute Gasteiger partial charge is 0.545 e. The van der Waals surface area contributed by atoms with Crippen molar-refractivity contribution in [3.63, 3.8) is 0 Å². The van der Waals surface area contributed by atoms with Crippen LogP contribution in [0.2, 0.25) is 0 Å². The molecule has 0 atom stereocenters. The second-order valence-electron chi connectivity index (χ2n) is 11.1. The van der Waals surface area contributed by atoms with Gasteiger partial charge in [0.2, 0.25) is 0 Å². The van der Waals surface area contributed by atoms with Gasteiger partial charge in [-0.05, 0) is 59.7 Å². The first-order valence-electron chi connectivity index (χ1n) is 15.5. The molecule has 0 saturated heterocycles. The molecule has 0 aliphatic rings. The standard InChI is InChI=1S/C16H10O8.2C12H8N2.2H2O.Zn/c17-13(18)7-1-3-9(15(21)22)11(5-7)12-6-8(14(19)20)2-4-10(12)16(23)24;2*1-3-9-5-6-10-4-2-8-14-12(10)11(9)13-7-1;;;/h1-6H,(H,17,18)(H,19,20)(H,21,22)(H,23,24);2*1-8H;2*1H2;/q;;;;;+2/p-2. The van der Waals surface area contributed by atoms with Crippen LogP contribution in [0.1, 0.15) is 41.4 Å². The molecule has 6 N–H and O–H groups in total.